The van der Waals surface area contributed by atoms with Crippen molar-refractivity contribution >= 4 is 5.97 Å². The third-order valence-electron chi connectivity index (χ3n) is 15.5. The summed E-state index contributed by atoms with van der Waals surface area (Å²) in [6.07, 6.45) is 12.9. The molecule has 0 saturated heterocycles. The summed E-state index contributed by atoms with van der Waals surface area (Å²) in [4.78, 5) is 12.9. The number of ether oxygens (including phenoxy) is 2. The molecule has 4 nitrogen and oxygen atoms in total. The third-order valence-corrected chi connectivity index (χ3v) is 15.5. The molecule has 1 N–H and O–H groups in total. The van der Waals surface area contributed by atoms with E-state index in [-0.39, 0.29) is 29.0 Å². The molecule has 10 atom stereocenters. The zero-order chi connectivity index (χ0) is 39.6. The van der Waals surface area contributed by atoms with E-state index in [1.54, 1.807) is 0 Å². The first kappa shape index (κ1) is 39.8. The number of carbonyl (C=O) groups is 1. The average Bonchev–Trinajstić information content (AvgIpc) is 3.52. The predicted octanol–water partition coefficient (Wildman–Crippen LogP) is 12.2. The Bertz CT molecular complexity index is 1860. The van der Waals surface area contributed by atoms with E-state index in [0.717, 1.165) is 68.1 Å². The lowest BCUT2D eigenvalue weighted by molar-refractivity contribution is -0.0639. The van der Waals surface area contributed by atoms with E-state index in [0.29, 0.717) is 47.7 Å². The molecule has 3 saturated carbocycles. The van der Waals surface area contributed by atoms with Crippen molar-refractivity contribution in [3.8, 4) is 0 Å². The predicted molar refractivity (Wildman–Crippen MR) is 230 cm³/mol. The Labute approximate surface area is 342 Å². The average molecular weight is 765 g/mol. The van der Waals surface area contributed by atoms with Crippen molar-refractivity contribution in [1.82, 2.24) is 0 Å². The summed E-state index contributed by atoms with van der Waals surface area (Å²) in [7, 11) is 0. The molecular weight excluding hydrogens is 701 g/mol. The van der Waals surface area contributed by atoms with Gasteiger partial charge in [-0.2, -0.15) is 0 Å². The van der Waals surface area contributed by atoms with Crippen LogP contribution in [0, 0.1) is 46.3 Å². The molecular formula is C53H64O4. The minimum atomic E-state index is -0.692. The number of esters is 1. The van der Waals surface area contributed by atoms with E-state index in [1.807, 2.05) is 30.3 Å². The van der Waals surface area contributed by atoms with Gasteiger partial charge in [0.1, 0.15) is 11.7 Å². The summed E-state index contributed by atoms with van der Waals surface area (Å²) in [5.74, 6) is 2.80. The molecule has 57 heavy (non-hydrogen) atoms. The molecule has 3 fully saturated rings. The van der Waals surface area contributed by atoms with Crippen molar-refractivity contribution in [3.05, 3.63) is 155 Å². The van der Waals surface area contributed by atoms with Crippen LogP contribution in [0.4, 0.5) is 0 Å². The topological polar surface area (TPSA) is 55.8 Å². The fourth-order valence-corrected chi connectivity index (χ4v) is 12.7. The largest absolute Gasteiger partial charge is 0.458 e. The molecule has 0 aromatic heterocycles. The van der Waals surface area contributed by atoms with Gasteiger partial charge in [0, 0.05) is 6.42 Å². The van der Waals surface area contributed by atoms with Crippen LogP contribution in [0.15, 0.2) is 133 Å². The van der Waals surface area contributed by atoms with E-state index < -0.39 is 5.60 Å². The van der Waals surface area contributed by atoms with Gasteiger partial charge in [0.25, 0.3) is 0 Å². The third kappa shape index (κ3) is 7.58. The molecule has 4 aliphatic carbocycles. The first-order chi connectivity index (χ1) is 27.6. The monoisotopic (exact) mass is 764 g/mol. The van der Waals surface area contributed by atoms with Crippen LogP contribution in [0.3, 0.4) is 0 Å². The van der Waals surface area contributed by atoms with Crippen LogP contribution < -0.4 is 0 Å². The van der Waals surface area contributed by atoms with Gasteiger partial charge in [0.05, 0.1) is 18.3 Å². The highest BCUT2D eigenvalue weighted by Gasteiger charge is 2.61. The maximum absolute atomic E-state index is 12.9. The van der Waals surface area contributed by atoms with E-state index in [1.165, 1.54) is 18.4 Å². The molecule has 0 amide bonds. The van der Waals surface area contributed by atoms with Gasteiger partial charge in [0.2, 0.25) is 0 Å². The minimum Gasteiger partial charge on any atom is -0.458 e. The number of allylic oxidation sites excluding steroid dienone is 1. The molecule has 0 radical (unpaired) electrons. The first-order valence-corrected chi connectivity index (χ1v) is 22.1. The van der Waals surface area contributed by atoms with E-state index >= 15 is 0 Å². The van der Waals surface area contributed by atoms with E-state index in [4.69, 9.17) is 9.47 Å². The van der Waals surface area contributed by atoms with Crippen LogP contribution in [0.2, 0.25) is 0 Å². The Morgan fingerprint density at radius 3 is 1.95 bits per heavy atom. The zero-order valence-corrected chi connectivity index (χ0v) is 34.7. The number of aliphatic hydroxyl groups excluding tert-OH is 1. The summed E-state index contributed by atoms with van der Waals surface area (Å²) in [6.45, 7) is 10.5. The quantitative estimate of drug-likeness (QED) is 0.0837. The Hall–Kier alpha value is -3.99. The highest BCUT2D eigenvalue weighted by atomic mass is 16.5. The van der Waals surface area contributed by atoms with Crippen LogP contribution in [0.5, 0.6) is 0 Å². The number of hydrogen-bond donors (Lipinski definition) is 1. The van der Waals surface area contributed by atoms with Crippen molar-refractivity contribution in [2.45, 2.75) is 110 Å². The van der Waals surface area contributed by atoms with Gasteiger partial charge in [-0.3, -0.25) is 0 Å². The van der Waals surface area contributed by atoms with Crippen molar-refractivity contribution in [3.63, 3.8) is 0 Å². The van der Waals surface area contributed by atoms with Crippen LogP contribution in [-0.2, 0) is 15.1 Å². The molecule has 0 unspecified atom stereocenters. The lowest BCUT2D eigenvalue weighted by Crippen LogP contribution is -2.51. The maximum atomic E-state index is 12.9. The fourth-order valence-electron chi connectivity index (χ4n) is 12.7. The van der Waals surface area contributed by atoms with Gasteiger partial charge in [-0.05, 0) is 120 Å². The Kier molecular flexibility index (Phi) is 11.7. The molecule has 0 aliphatic heterocycles. The Morgan fingerprint density at radius 2 is 1.35 bits per heavy atom. The highest BCUT2D eigenvalue weighted by Crippen LogP contribution is 2.67. The summed E-state index contributed by atoms with van der Waals surface area (Å²) in [5, 5.41) is 11.9. The Morgan fingerprint density at radius 1 is 0.772 bits per heavy atom. The van der Waals surface area contributed by atoms with Gasteiger partial charge in [-0.15, -0.1) is 0 Å². The van der Waals surface area contributed by atoms with Gasteiger partial charge in [0.15, 0.2) is 0 Å². The molecule has 0 heterocycles. The normalized spacial score (nSPS) is 30.6. The number of carbonyl (C=O) groups excluding carboxylic acids is 1. The van der Waals surface area contributed by atoms with Crippen molar-refractivity contribution in [1.29, 1.82) is 0 Å². The lowest BCUT2D eigenvalue weighted by atomic mass is 9.47. The molecule has 0 bridgehead atoms. The molecule has 0 spiro atoms. The van der Waals surface area contributed by atoms with Crippen molar-refractivity contribution in [2.75, 3.05) is 6.61 Å². The summed E-state index contributed by atoms with van der Waals surface area (Å²) >= 11 is 0. The van der Waals surface area contributed by atoms with Crippen molar-refractivity contribution < 1.29 is 19.4 Å². The number of rotatable bonds is 13. The first-order valence-electron chi connectivity index (χ1n) is 22.1. The SMILES string of the molecule is C[C@H](CCC[C@@H](C)[C@H]1[C@H](O)C[C@H]2[C@@H]3CC=C4C[C@H](OC(=O)c5ccccc5)CC[C@]4(C)[C@H]3CC[C@]12C)COC(c1ccccc1)(c1ccccc1)c1ccccc1. The van der Waals surface area contributed by atoms with Gasteiger partial charge in [-0.1, -0.05) is 161 Å². The van der Waals surface area contributed by atoms with Crippen LogP contribution in [0.25, 0.3) is 0 Å². The second kappa shape index (κ2) is 16.7. The van der Waals surface area contributed by atoms with Gasteiger partial charge < -0.3 is 14.6 Å². The number of fused-ring (bicyclic) bond motifs is 5. The van der Waals surface area contributed by atoms with Gasteiger partial charge in [-0.25, -0.2) is 4.79 Å². The molecule has 8 rings (SSSR count). The zero-order valence-electron chi connectivity index (χ0n) is 34.7. The molecule has 4 aromatic rings. The standard InChI is InChI=1S/C53H64O4/c1-37(36-56-53(40-22-11-6-12-23-40,41-24-13-7-14-25-41)42-26-15-8-16-27-42)18-17-19-38(2)49-48(54)35-47-45-29-28-43-34-44(57-50(55)39-20-9-5-10-21-39)30-32-51(43,3)46(45)31-33-52(47,49)4/h5-16,20-28,37-38,44-49,54H,17-19,29-36H2,1-4H3/t37-,38-,44-,45-,46+,47+,48-,49+,51+,52+/m1/s1. The lowest BCUT2D eigenvalue weighted by Gasteiger charge is -2.58. The fraction of sp³-hybridized carbons (Fsp3) is 0.491. The van der Waals surface area contributed by atoms with Crippen molar-refractivity contribution in [2.24, 2.45) is 46.3 Å². The molecule has 4 aliphatic rings. The minimum absolute atomic E-state index is 0.0469. The smallest absolute Gasteiger partial charge is 0.338 e. The highest BCUT2D eigenvalue weighted by molar-refractivity contribution is 5.89. The number of benzene rings is 4. The van der Waals surface area contributed by atoms with E-state index in [9.17, 15) is 9.90 Å². The second-order valence-electron chi connectivity index (χ2n) is 18.9. The Balaban J connectivity index is 0.897. The van der Waals surface area contributed by atoms with Crippen LogP contribution in [-0.4, -0.2) is 29.9 Å². The van der Waals surface area contributed by atoms with Crippen LogP contribution in [0.1, 0.15) is 119 Å². The molecule has 4 aromatic carbocycles. The van der Waals surface area contributed by atoms with E-state index in [2.05, 4.69) is 125 Å². The number of hydrogen-bond acceptors (Lipinski definition) is 4. The summed E-state index contributed by atoms with van der Waals surface area (Å²) in [6, 6.07) is 41.5. The van der Waals surface area contributed by atoms with Crippen LogP contribution >= 0.6 is 0 Å². The molecule has 4 heteroatoms. The summed E-state index contributed by atoms with van der Waals surface area (Å²) < 4.78 is 13.2. The molecule has 300 valence electrons. The van der Waals surface area contributed by atoms with Gasteiger partial charge >= 0.3 is 5.97 Å². The number of aliphatic hydroxyl groups is 1. The summed E-state index contributed by atoms with van der Waals surface area (Å²) in [5.41, 5.74) is 5.22. The second-order valence-corrected chi connectivity index (χ2v) is 18.9. The maximum Gasteiger partial charge on any atom is 0.338 e.